The second-order valence-corrected chi connectivity index (χ2v) is 7.04. The van der Waals surface area contributed by atoms with Crippen LogP contribution in [0.1, 0.15) is 5.56 Å². The summed E-state index contributed by atoms with van der Waals surface area (Å²) in [6.45, 7) is 0.736. The summed E-state index contributed by atoms with van der Waals surface area (Å²) in [7, 11) is 0. The molecule has 0 bridgehead atoms. The highest BCUT2D eigenvalue weighted by molar-refractivity contribution is 6.35. The number of benzene rings is 3. The van der Waals surface area contributed by atoms with Crippen LogP contribution in [-0.2, 0) is 11.2 Å². The van der Waals surface area contributed by atoms with Crippen LogP contribution in [0.2, 0.25) is 10.0 Å². The van der Waals surface area contributed by atoms with Crippen LogP contribution >= 0.6 is 23.2 Å². The van der Waals surface area contributed by atoms with E-state index in [9.17, 15) is 4.79 Å². The summed E-state index contributed by atoms with van der Waals surface area (Å²) in [4.78, 5) is 12.1. The molecule has 0 aliphatic heterocycles. The van der Waals surface area contributed by atoms with Crippen LogP contribution in [0.5, 0.6) is 5.75 Å². The monoisotopic (exact) mass is 414 g/mol. The van der Waals surface area contributed by atoms with Crippen molar-refractivity contribution in [1.29, 1.82) is 0 Å². The van der Waals surface area contributed by atoms with E-state index >= 15 is 0 Å². The first-order valence-electron chi connectivity index (χ1n) is 8.85. The lowest BCUT2D eigenvalue weighted by Crippen LogP contribution is -2.21. The molecule has 28 heavy (non-hydrogen) atoms. The van der Waals surface area contributed by atoms with Crippen molar-refractivity contribution in [1.82, 2.24) is 0 Å². The smallest absolute Gasteiger partial charge is 0.243 e. The van der Waals surface area contributed by atoms with E-state index in [1.54, 1.807) is 18.2 Å². The average molecular weight is 415 g/mol. The van der Waals surface area contributed by atoms with Crippen molar-refractivity contribution < 1.29 is 9.53 Å². The van der Waals surface area contributed by atoms with Crippen molar-refractivity contribution in [2.45, 2.75) is 6.42 Å². The van der Waals surface area contributed by atoms with Crippen molar-refractivity contribution in [2.24, 2.45) is 0 Å². The highest BCUT2D eigenvalue weighted by Crippen LogP contribution is 2.22. The third-order valence-corrected chi connectivity index (χ3v) is 4.39. The van der Waals surface area contributed by atoms with Crippen LogP contribution in [-0.4, -0.2) is 19.1 Å². The summed E-state index contributed by atoms with van der Waals surface area (Å²) >= 11 is 11.9. The Morgan fingerprint density at radius 1 is 0.857 bits per heavy atom. The second-order valence-electron chi connectivity index (χ2n) is 6.17. The molecule has 0 heterocycles. The first-order chi connectivity index (χ1) is 13.6. The van der Waals surface area contributed by atoms with Crippen LogP contribution in [0.3, 0.4) is 0 Å². The fraction of sp³-hybridized carbons (Fsp3) is 0.136. The highest BCUT2D eigenvalue weighted by Gasteiger charge is 2.05. The van der Waals surface area contributed by atoms with Gasteiger partial charge in [-0.25, -0.2) is 0 Å². The molecule has 144 valence electrons. The first kappa shape index (κ1) is 20.1. The van der Waals surface area contributed by atoms with E-state index in [2.05, 4.69) is 22.8 Å². The van der Waals surface area contributed by atoms with Gasteiger partial charge in [0.25, 0.3) is 0 Å². The molecule has 0 aliphatic rings. The van der Waals surface area contributed by atoms with E-state index in [1.165, 1.54) is 5.56 Å². The molecule has 3 aromatic rings. The third-order valence-electron chi connectivity index (χ3n) is 3.96. The van der Waals surface area contributed by atoms with Gasteiger partial charge in [0.2, 0.25) is 5.91 Å². The predicted octanol–water partition coefficient (Wildman–Crippen LogP) is 5.67. The lowest BCUT2D eigenvalue weighted by atomic mass is 10.2. The van der Waals surface area contributed by atoms with Gasteiger partial charge in [0.15, 0.2) is 0 Å². The molecule has 0 saturated carbocycles. The Labute approximate surface area is 174 Å². The molecule has 0 spiro atoms. The van der Waals surface area contributed by atoms with Crippen molar-refractivity contribution >= 4 is 40.5 Å². The van der Waals surface area contributed by atoms with Gasteiger partial charge in [0.1, 0.15) is 5.75 Å². The van der Waals surface area contributed by atoms with Crippen LogP contribution in [0, 0.1) is 0 Å². The number of hydrogen-bond donors (Lipinski definition) is 2. The zero-order chi connectivity index (χ0) is 19.8. The van der Waals surface area contributed by atoms with Gasteiger partial charge in [0.05, 0.1) is 13.2 Å². The standard InChI is InChI=1S/C22H20Cl2N2O2/c23-17-12-18(24)14-20(13-17)26-22(27)15-25-19-6-8-21(9-7-19)28-11-10-16-4-2-1-3-5-16/h1-9,12-14,25H,10-11,15H2,(H,26,27). The molecular formula is C22H20Cl2N2O2. The third kappa shape index (κ3) is 6.48. The van der Waals surface area contributed by atoms with E-state index in [4.69, 9.17) is 27.9 Å². The summed E-state index contributed by atoms with van der Waals surface area (Å²) in [6, 6.07) is 22.6. The fourth-order valence-electron chi connectivity index (χ4n) is 2.61. The second kappa shape index (κ2) is 10.0. The van der Waals surface area contributed by atoms with Gasteiger partial charge in [0, 0.05) is 27.8 Å². The normalized spacial score (nSPS) is 10.4. The van der Waals surface area contributed by atoms with Crippen molar-refractivity contribution in [2.75, 3.05) is 23.8 Å². The van der Waals surface area contributed by atoms with E-state index < -0.39 is 0 Å². The summed E-state index contributed by atoms with van der Waals surface area (Å²) < 4.78 is 5.76. The van der Waals surface area contributed by atoms with E-state index in [0.29, 0.717) is 22.3 Å². The summed E-state index contributed by atoms with van der Waals surface area (Å²) in [6.07, 6.45) is 0.856. The van der Waals surface area contributed by atoms with Crippen molar-refractivity contribution in [3.8, 4) is 5.75 Å². The zero-order valence-corrected chi connectivity index (χ0v) is 16.6. The molecule has 0 saturated heterocycles. The quantitative estimate of drug-likeness (QED) is 0.499. The Hall–Kier alpha value is -2.69. The average Bonchev–Trinajstić information content (AvgIpc) is 2.67. The first-order valence-corrected chi connectivity index (χ1v) is 9.61. The molecular weight excluding hydrogens is 395 g/mol. The number of carbonyl (C=O) groups is 1. The minimum atomic E-state index is -0.193. The van der Waals surface area contributed by atoms with Crippen molar-refractivity contribution in [3.63, 3.8) is 0 Å². The molecule has 0 fully saturated rings. The largest absolute Gasteiger partial charge is 0.493 e. The Kier molecular flexibility index (Phi) is 7.18. The number of amides is 1. The Balaban J connectivity index is 1.43. The van der Waals surface area contributed by atoms with Gasteiger partial charge in [-0.2, -0.15) is 0 Å². The van der Waals surface area contributed by atoms with Crippen LogP contribution in [0.15, 0.2) is 72.8 Å². The molecule has 0 radical (unpaired) electrons. The van der Waals surface area contributed by atoms with Crippen LogP contribution < -0.4 is 15.4 Å². The van der Waals surface area contributed by atoms with Crippen LogP contribution in [0.4, 0.5) is 11.4 Å². The number of rotatable bonds is 8. The maximum Gasteiger partial charge on any atom is 0.243 e. The maximum absolute atomic E-state index is 12.1. The molecule has 0 atom stereocenters. The lowest BCUT2D eigenvalue weighted by molar-refractivity contribution is -0.114. The number of anilines is 2. The number of ether oxygens (including phenoxy) is 1. The van der Waals surface area contributed by atoms with E-state index in [0.717, 1.165) is 17.9 Å². The number of hydrogen-bond acceptors (Lipinski definition) is 3. The summed E-state index contributed by atoms with van der Waals surface area (Å²) in [5.74, 6) is 0.598. The van der Waals surface area contributed by atoms with Gasteiger partial charge in [-0.1, -0.05) is 53.5 Å². The molecule has 1 amide bonds. The topological polar surface area (TPSA) is 50.4 Å². The van der Waals surface area contributed by atoms with Crippen molar-refractivity contribution in [3.05, 3.63) is 88.4 Å². The minimum absolute atomic E-state index is 0.123. The molecule has 0 aliphatic carbocycles. The molecule has 6 heteroatoms. The fourth-order valence-corrected chi connectivity index (χ4v) is 3.14. The number of carbonyl (C=O) groups excluding carboxylic acids is 1. The Morgan fingerprint density at radius 3 is 2.21 bits per heavy atom. The summed E-state index contributed by atoms with van der Waals surface area (Å²) in [5, 5.41) is 6.77. The zero-order valence-electron chi connectivity index (χ0n) is 15.1. The van der Waals surface area contributed by atoms with Gasteiger partial charge in [-0.05, 0) is 48.0 Å². The Bertz CT molecular complexity index is 895. The van der Waals surface area contributed by atoms with Gasteiger partial charge < -0.3 is 15.4 Å². The van der Waals surface area contributed by atoms with E-state index in [1.807, 2.05) is 42.5 Å². The van der Waals surface area contributed by atoms with Gasteiger partial charge in [-0.15, -0.1) is 0 Å². The molecule has 0 aromatic heterocycles. The number of nitrogens with one attached hydrogen (secondary N) is 2. The lowest BCUT2D eigenvalue weighted by Gasteiger charge is -2.10. The molecule has 2 N–H and O–H groups in total. The SMILES string of the molecule is O=C(CNc1ccc(OCCc2ccccc2)cc1)Nc1cc(Cl)cc(Cl)c1. The molecule has 3 rings (SSSR count). The molecule has 0 unspecified atom stereocenters. The predicted molar refractivity (Wildman–Crippen MR) is 116 cm³/mol. The minimum Gasteiger partial charge on any atom is -0.493 e. The summed E-state index contributed by atoms with van der Waals surface area (Å²) in [5.41, 5.74) is 2.63. The maximum atomic E-state index is 12.1. The van der Waals surface area contributed by atoms with Gasteiger partial charge >= 0.3 is 0 Å². The molecule has 4 nitrogen and oxygen atoms in total. The van der Waals surface area contributed by atoms with E-state index in [-0.39, 0.29) is 12.5 Å². The Morgan fingerprint density at radius 2 is 1.54 bits per heavy atom. The van der Waals surface area contributed by atoms with Gasteiger partial charge in [-0.3, -0.25) is 4.79 Å². The highest BCUT2D eigenvalue weighted by atomic mass is 35.5. The number of halogens is 2. The molecule has 3 aromatic carbocycles. The van der Waals surface area contributed by atoms with Crippen LogP contribution in [0.25, 0.3) is 0 Å².